The summed E-state index contributed by atoms with van der Waals surface area (Å²) >= 11 is 0. The molecule has 0 amide bonds. The molecule has 2 nitrogen and oxygen atoms in total. The zero-order valence-corrected chi connectivity index (χ0v) is 6.72. The molecular formula is C7H19NO. The van der Waals surface area contributed by atoms with E-state index in [1.807, 2.05) is 6.92 Å². The lowest BCUT2D eigenvalue weighted by Gasteiger charge is -1.91. The number of hydrogen-bond donors (Lipinski definition) is 2. The summed E-state index contributed by atoms with van der Waals surface area (Å²) in [4.78, 5) is 0. The first-order chi connectivity index (χ1) is 4.18. The Kier molecular flexibility index (Phi) is 14.0. The second kappa shape index (κ2) is 10.8. The fraction of sp³-hybridized carbons (Fsp3) is 1.00. The van der Waals surface area contributed by atoms with Crippen molar-refractivity contribution in [2.45, 2.75) is 46.3 Å². The molecular weight excluding hydrogens is 114 g/mol. The Labute approximate surface area is 58.1 Å². The number of hydrogen-bond acceptors (Lipinski definition) is 2. The van der Waals surface area contributed by atoms with Crippen LogP contribution in [0.5, 0.6) is 0 Å². The zero-order chi connectivity index (χ0) is 7.70. The van der Waals surface area contributed by atoms with E-state index >= 15 is 0 Å². The second-order valence-corrected chi connectivity index (χ2v) is 1.98. The molecule has 58 valence electrons. The third-order valence-corrected chi connectivity index (χ3v) is 0.918. The molecule has 2 heteroatoms. The number of aliphatic hydroxyl groups excluding tert-OH is 1. The van der Waals surface area contributed by atoms with Gasteiger partial charge in [0.05, 0.1) is 0 Å². The van der Waals surface area contributed by atoms with Crippen molar-refractivity contribution in [3.05, 3.63) is 0 Å². The lowest BCUT2D eigenvalue weighted by molar-refractivity contribution is 0.178. The molecule has 0 aromatic heterocycles. The molecule has 0 rings (SSSR count). The maximum Gasteiger partial charge on any atom is 0.102 e. The maximum absolute atomic E-state index is 8.14. The Balaban J connectivity index is 0. The summed E-state index contributed by atoms with van der Waals surface area (Å²) in [6.45, 7) is 6.19. The summed E-state index contributed by atoms with van der Waals surface area (Å²) in [7, 11) is 0. The topological polar surface area (TPSA) is 46.2 Å². The van der Waals surface area contributed by atoms with Crippen LogP contribution in [0.2, 0.25) is 0 Å². The molecule has 0 heterocycles. The standard InChI is InChI=1S/C4H10.C3H9NO/c1-3-4-2;1-2-3(4)5/h3-4H2,1-2H3;3,5H,2,4H2,1H3. The van der Waals surface area contributed by atoms with Gasteiger partial charge in [0, 0.05) is 0 Å². The normalized spacial score (nSPS) is 11.7. The predicted octanol–water partition coefficient (Wildman–Crippen LogP) is 1.48. The highest BCUT2D eigenvalue weighted by Gasteiger charge is 1.81. The van der Waals surface area contributed by atoms with Crippen LogP contribution in [0.1, 0.15) is 40.0 Å². The van der Waals surface area contributed by atoms with Gasteiger partial charge in [0.25, 0.3) is 0 Å². The summed E-state index contributed by atoms with van der Waals surface area (Å²) in [5.74, 6) is 0. The first-order valence-electron chi connectivity index (χ1n) is 3.62. The van der Waals surface area contributed by atoms with Crippen LogP contribution in [0.3, 0.4) is 0 Å². The zero-order valence-electron chi connectivity index (χ0n) is 6.72. The van der Waals surface area contributed by atoms with Crippen LogP contribution in [0.25, 0.3) is 0 Å². The highest BCUT2D eigenvalue weighted by molar-refractivity contribution is 4.31. The van der Waals surface area contributed by atoms with Gasteiger partial charge in [0.15, 0.2) is 0 Å². The van der Waals surface area contributed by atoms with Gasteiger partial charge in [-0.1, -0.05) is 33.6 Å². The van der Waals surface area contributed by atoms with Gasteiger partial charge < -0.3 is 10.8 Å². The van der Waals surface area contributed by atoms with Gasteiger partial charge in [-0.25, -0.2) is 0 Å². The van der Waals surface area contributed by atoms with E-state index in [1.54, 1.807) is 0 Å². The fourth-order valence-corrected chi connectivity index (χ4v) is 0. The quantitative estimate of drug-likeness (QED) is 0.560. The van der Waals surface area contributed by atoms with Gasteiger partial charge >= 0.3 is 0 Å². The van der Waals surface area contributed by atoms with E-state index in [9.17, 15) is 0 Å². The number of rotatable bonds is 2. The third-order valence-electron chi connectivity index (χ3n) is 0.918. The minimum atomic E-state index is -0.616. The molecule has 0 aliphatic rings. The van der Waals surface area contributed by atoms with E-state index in [1.165, 1.54) is 12.8 Å². The summed E-state index contributed by atoms with van der Waals surface area (Å²) < 4.78 is 0. The van der Waals surface area contributed by atoms with E-state index in [0.717, 1.165) is 0 Å². The lowest BCUT2D eigenvalue weighted by atomic mass is 10.4. The van der Waals surface area contributed by atoms with Gasteiger partial charge in [-0.2, -0.15) is 0 Å². The molecule has 0 aromatic rings. The number of unbranched alkanes of at least 4 members (excludes halogenated alkanes) is 1. The van der Waals surface area contributed by atoms with Gasteiger partial charge in [-0.05, 0) is 6.42 Å². The van der Waals surface area contributed by atoms with Crippen LogP contribution in [-0.2, 0) is 0 Å². The average Bonchev–Trinajstić information content (AvgIpc) is 1.89. The first kappa shape index (κ1) is 11.7. The van der Waals surface area contributed by atoms with Crippen molar-refractivity contribution in [2.24, 2.45) is 5.73 Å². The molecule has 3 N–H and O–H groups in total. The lowest BCUT2D eigenvalue weighted by Crippen LogP contribution is -2.16. The Morgan fingerprint density at radius 3 is 1.44 bits per heavy atom. The molecule has 0 aliphatic heterocycles. The minimum Gasteiger partial charge on any atom is -0.379 e. The van der Waals surface area contributed by atoms with E-state index in [-0.39, 0.29) is 0 Å². The van der Waals surface area contributed by atoms with Crippen LogP contribution in [-0.4, -0.2) is 11.3 Å². The van der Waals surface area contributed by atoms with Crippen LogP contribution < -0.4 is 5.73 Å². The molecule has 0 aliphatic carbocycles. The molecule has 1 unspecified atom stereocenters. The maximum atomic E-state index is 8.14. The van der Waals surface area contributed by atoms with Crippen LogP contribution in [0.4, 0.5) is 0 Å². The third kappa shape index (κ3) is 32.6. The van der Waals surface area contributed by atoms with Gasteiger partial charge in [-0.3, -0.25) is 0 Å². The predicted molar refractivity (Wildman–Crippen MR) is 41.1 cm³/mol. The molecule has 9 heavy (non-hydrogen) atoms. The Hall–Kier alpha value is -0.0800. The van der Waals surface area contributed by atoms with Crippen molar-refractivity contribution in [2.75, 3.05) is 0 Å². The highest BCUT2D eigenvalue weighted by Crippen LogP contribution is 1.76. The SMILES string of the molecule is CCC(N)O.CCCC. The number of nitrogens with two attached hydrogens (primary N) is 1. The molecule has 0 radical (unpaired) electrons. The van der Waals surface area contributed by atoms with Crippen LogP contribution in [0, 0.1) is 0 Å². The molecule has 0 aromatic carbocycles. The van der Waals surface area contributed by atoms with Crippen molar-refractivity contribution in [3.8, 4) is 0 Å². The van der Waals surface area contributed by atoms with Crippen molar-refractivity contribution in [3.63, 3.8) is 0 Å². The van der Waals surface area contributed by atoms with Gasteiger partial charge in [0.2, 0.25) is 0 Å². The van der Waals surface area contributed by atoms with E-state index in [2.05, 4.69) is 13.8 Å². The minimum absolute atomic E-state index is 0.616. The summed E-state index contributed by atoms with van der Waals surface area (Å²) in [6.07, 6.45) is 2.66. The van der Waals surface area contributed by atoms with Crippen molar-refractivity contribution < 1.29 is 5.11 Å². The van der Waals surface area contributed by atoms with Crippen molar-refractivity contribution >= 4 is 0 Å². The van der Waals surface area contributed by atoms with Crippen molar-refractivity contribution in [1.29, 1.82) is 0 Å². The summed E-state index contributed by atoms with van der Waals surface area (Å²) in [5, 5.41) is 8.14. The Morgan fingerprint density at radius 2 is 1.44 bits per heavy atom. The molecule has 0 spiro atoms. The van der Waals surface area contributed by atoms with Crippen LogP contribution in [0.15, 0.2) is 0 Å². The largest absolute Gasteiger partial charge is 0.379 e. The van der Waals surface area contributed by atoms with Gasteiger partial charge in [-0.15, -0.1) is 0 Å². The Morgan fingerprint density at radius 1 is 1.22 bits per heavy atom. The second-order valence-electron chi connectivity index (χ2n) is 1.98. The molecule has 0 saturated carbocycles. The monoisotopic (exact) mass is 133 g/mol. The molecule has 1 atom stereocenters. The van der Waals surface area contributed by atoms with E-state index < -0.39 is 6.23 Å². The molecule has 0 bridgehead atoms. The van der Waals surface area contributed by atoms with Crippen LogP contribution >= 0.6 is 0 Å². The smallest absolute Gasteiger partial charge is 0.102 e. The first-order valence-corrected chi connectivity index (χ1v) is 3.62. The van der Waals surface area contributed by atoms with Crippen molar-refractivity contribution in [1.82, 2.24) is 0 Å². The van der Waals surface area contributed by atoms with E-state index in [0.29, 0.717) is 6.42 Å². The molecule has 0 saturated heterocycles. The summed E-state index contributed by atoms with van der Waals surface area (Å²) in [6, 6.07) is 0. The molecule has 0 fully saturated rings. The van der Waals surface area contributed by atoms with E-state index in [4.69, 9.17) is 10.8 Å². The Bertz CT molecular complexity index is 35.9. The highest BCUT2D eigenvalue weighted by atomic mass is 16.3. The number of aliphatic hydroxyl groups is 1. The fourth-order valence-electron chi connectivity index (χ4n) is 0. The summed E-state index contributed by atoms with van der Waals surface area (Å²) in [5.41, 5.74) is 4.85. The average molecular weight is 133 g/mol. The van der Waals surface area contributed by atoms with Gasteiger partial charge in [0.1, 0.15) is 6.23 Å².